The molecule has 0 aromatic heterocycles. The lowest BCUT2D eigenvalue weighted by molar-refractivity contribution is -0.0997. The molecular formula is C14H23NO4. The molecule has 0 amide bonds. The lowest BCUT2D eigenvalue weighted by atomic mass is 10.1. The summed E-state index contributed by atoms with van der Waals surface area (Å²) in [7, 11) is 6.50. The standard InChI is InChI=1S/C14H23NO4/c1-10(15-9-14(18-4)19-5)11-6-7-12(16-2)13(8-11)17-3/h6-8,10,14-15H,9H2,1-5H3/t10-/m1/s1. The molecule has 5 nitrogen and oxygen atoms in total. The molecule has 1 atom stereocenters. The van der Waals surface area contributed by atoms with Crippen molar-refractivity contribution in [3.63, 3.8) is 0 Å². The van der Waals surface area contributed by atoms with E-state index in [1.165, 1.54) is 0 Å². The monoisotopic (exact) mass is 269 g/mol. The van der Waals surface area contributed by atoms with E-state index >= 15 is 0 Å². The van der Waals surface area contributed by atoms with Crippen molar-refractivity contribution >= 4 is 0 Å². The van der Waals surface area contributed by atoms with Crippen LogP contribution in [0.4, 0.5) is 0 Å². The van der Waals surface area contributed by atoms with Crippen molar-refractivity contribution < 1.29 is 18.9 Å². The predicted molar refractivity (Wildman–Crippen MR) is 73.8 cm³/mol. The van der Waals surface area contributed by atoms with Crippen molar-refractivity contribution in [1.82, 2.24) is 5.32 Å². The molecule has 0 aliphatic rings. The van der Waals surface area contributed by atoms with Crippen LogP contribution in [0.15, 0.2) is 18.2 Å². The van der Waals surface area contributed by atoms with Crippen LogP contribution >= 0.6 is 0 Å². The number of methoxy groups -OCH3 is 4. The highest BCUT2D eigenvalue weighted by Gasteiger charge is 2.12. The first-order valence-corrected chi connectivity index (χ1v) is 6.17. The van der Waals surface area contributed by atoms with Gasteiger partial charge in [-0.2, -0.15) is 0 Å². The van der Waals surface area contributed by atoms with Crippen molar-refractivity contribution in [3.05, 3.63) is 23.8 Å². The Morgan fingerprint density at radius 1 is 1.00 bits per heavy atom. The molecule has 1 aromatic carbocycles. The molecular weight excluding hydrogens is 246 g/mol. The summed E-state index contributed by atoms with van der Waals surface area (Å²) in [6.45, 7) is 2.69. The van der Waals surface area contributed by atoms with Crippen molar-refractivity contribution in [2.24, 2.45) is 0 Å². The fourth-order valence-electron chi connectivity index (χ4n) is 1.78. The highest BCUT2D eigenvalue weighted by molar-refractivity contribution is 5.43. The van der Waals surface area contributed by atoms with E-state index in [0.717, 1.165) is 17.1 Å². The molecule has 0 heterocycles. The van der Waals surface area contributed by atoms with E-state index in [2.05, 4.69) is 12.2 Å². The van der Waals surface area contributed by atoms with Crippen LogP contribution in [0.25, 0.3) is 0 Å². The molecule has 0 saturated heterocycles. The highest BCUT2D eigenvalue weighted by Crippen LogP contribution is 2.29. The molecule has 0 spiro atoms. The average Bonchev–Trinajstić information content (AvgIpc) is 2.47. The normalized spacial score (nSPS) is 12.5. The lowest BCUT2D eigenvalue weighted by Gasteiger charge is -2.19. The molecule has 0 bridgehead atoms. The number of hydrogen-bond acceptors (Lipinski definition) is 5. The van der Waals surface area contributed by atoms with Crippen molar-refractivity contribution in [2.75, 3.05) is 35.0 Å². The summed E-state index contributed by atoms with van der Waals surface area (Å²) in [5, 5.41) is 3.34. The molecule has 19 heavy (non-hydrogen) atoms. The first-order chi connectivity index (χ1) is 9.15. The van der Waals surface area contributed by atoms with Crippen LogP contribution in [-0.2, 0) is 9.47 Å². The Morgan fingerprint density at radius 3 is 2.16 bits per heavy atom. The summed E-state index contributed by atoms with van der Waals surface area (Å²) in [6.07, 6.45) is -0.248. The maximum Gasteiger partial charge on any atom is 0.169 e. The Hall–Kier alpha value is -1.30. The number of ether oxygens (including phenoxy) is 4. The van der Waals surface area contributed by atoms with Gasteiger partial charge < -0.3 is 24.3 Å². The highest BCUT2D eigenvalue weighted by atomic mass is 16.7. The van der Waals surface area contributed by atoms with Crippen molar-refractivity contribution in [1.29, 1.82) is 0 Å². The van der Waals surface area contributed by atoms with E-state index in [-0.39, 0.29) is 12.3 Å². The van der Waals surface area contributed by atoms with Gasteiger partial charge in [-0.1, -0.05) is 6.07 Å². The van der Waals surface area contributed by atoms with Gasteiger partial charge in [0, 0.05) is 26.8 Å². The van der Waals surface area contributed by atoms with Gasteiger partial charge in [0.05, 0.1) is 14.2 Å². The smallest absolute Gasteiger partial charge is 0.169 e. The minimum absolute atomic E-state index is 0.160. The number of hydrogen-bond donors (Lipinski definition) is 1. The third-order valence-electron chi connectivity index (χ3n) is 3.02. The maximum absolute atomic E-state index is 5.29. The zero-order valence-corrected chi connectivity index (χ0v) is 12.2. The van der Waals surface area contributed by atoms with Crippen LogP contribution in [0.2, 0.25) is 0 Å². The van der Waals surface area contributed by atoms with E-state index in [0.29, 0.717) is 6.54 Å². The third-order valence-corrected chi connectivity index (χ3v) is 3.02. The van der Waals surface area contributed by atoms with Crippen LogP contribution in [0.3, 0.4) is 0 Å². The second-order valence-corrected chi connectivity index (χ2v) is 4.15. The van der Waals surface area contributed by atoms with Crippen molar-refractivity contribution in [2.45, 2.75) is 19.3 Å². The van der Waals surface area contributed by atoms with Crippen LogP contribution in [-0.4, -0.2) is 41.3 Å². The summed E-state index contributed by atoms with van der Waals surface area (Å²) in [4.78, 5) is 0. The minimum Gasteiger partial charge on any atom is -0.493 e. The summed E-state index contributed by atoms with van der Waals surface area (Å²) in [5.74, 6) is 1.45. The first kappa shape index (κ1) is 15.8. The summed E-state index contributed by atoms with van der Waals surface area (Å²) in [6, 6.07) is 6.03. The molecule has 1 rings (SSSR count). The topological polar surface area (TPSA) is 49.0 Å². The number of nitrogens with one attached hydrogen (secondary N) is 1. The molecule has 1 N–H and O–H groups in total. The van der Waals surface area contributed by atoms with Crippen molar-refractivity contribution in [3.8, 4) is 11.5 Å². The Balaban J connectivity index is 2.68. The Bertz CT molecular complexity index is 380. The van der Waals surface area contributed by atoms with Crippen LogP contribution in [0.1, 0.15) is 18.5 Å². The van der Waals surface area contributed by atoms with E-state index in [1.54, 1.807) is 28.4 Å². The number of rotatable bonds is 8. The molecule has 5 heteroatoms. The fourth-order valence-corrected chi connectivity index (χ4v) is 1.78. The Kier molecular flexibility index (Phi) is 6.62. The molecule has 0 fully saturated rings. The molecule has 0 aliphatic heterocycles. The Morgan fingerprint density at radius 2 is 1.63 bits per heavy atom. The van der Waals surface area contributed by atoms with Crippen LogP contribution in [0.5, 0.6) is 11.5 Å². The lowest BCUT2D eigenvalue weighted by Crippen LogP contribution is -2.31. The minimum atomic E-state index is -0.248. The second kappa shape index (κ2) is 7.99. The molecule has 0 saturated carbocycles. The maximum atomic E-state index is 5.29. The summed E-state index contributed by atoms with van der Waals surface area (Å²) in [5.41, 5.74) is 1.11. The Labute approximate surface area is 114 Å². The van der Waals surface area contributed by atoms with Gasteiger partial charge in [0.15, 0.2) is 17.8 Å². The zero-order chi connectivity index (χ0) is 14.3. The zero-order valence-electron chi connectivity index (χ0n) is 12.2. The second-order valence-electron chi connectivity index (χ2n) is 4.15. The van der Waals surface area contributed by atoms with Gasteiger partial charge >= 0.3 is 0 Å². The van der Waals surface area contributed by atoms with Crippen LogP contribution in [0, 0.1) is 0 Å². The molecule has 0 aliphatic carbocycles. The van der Waals surface area contributed by atoms with E-state index < -0.39 is 0 Å². The summed E-state index contributed by atoms with van der Waals surface area (Å²) >= 11 is 0. The largest absolute Gasteiger partial charge is 0.493 e. The van der Waals surface area contributed by atoms with E-state index in [4.69, 9.17) is 18.9 Å². The van der Waals surface area contributed by atoms with Gasteiger partial charge in [-0.25, -0.2) is 0 Å². The van der Waals surface area contributed by atoms with Gasteiger partial charge in [0.25, 0.3) is 0 Å². The predicted octanol–water partition coefficient (Wildman–Crippen LogP) is 1.97. The van der Waals surface area contributed by atoms with E-state index in [1.807, 2.05) is 18.2 Å². The molecule has 108 valence electrons. The van der Waals surface area contributed by atoms with E-state index in [9.17, 15) is 0 Å². The quantitative estimate of drug-likeness (QED) is 0.731. The first-order valence-electron chi connectivity index (χ1n) is 6.17. The van der Waals surface area contributed by atoms with Gasteiger partial charge in [0.1, 0.15) is 0 Å². The third kappa shape index (κ3) is 4.38. The van der Waals surface area contributed by atoms with Gasteiger partial charge in [-0.3, -0.25) is 0 Å². The molecule has 1 aromatic rings. The number of benzene rings is 1. The molecule has 0 unspecified atom stereocenters. The SMILES string of the molecule is COc1ccc([C@@H](C)NCC(OC)OC)cc1OC. The average molecular weight is 269 g/mol. The summed E-state index contributed by atoms with van der Waals surface area (Å²) < 4.78 is 20.8. The van der Waals surface area contributed by atoms with Gasteiger partial charge in [0.2, 0.25) is 0 Å². The molecule has 0 radical (unpaired) electrons. The van der Waals surface area contributed by atoms with Crippen LogP contribution < -0.4 is 14.8 Å². The van der Waals surface area contributed by atoms with Gasteiger partial charge in [-0.05, 0) is 24.6 Å². The fraction of sp³-hybridized carbons (Fsp3) is 0.571. The van der Waals surface area contributed by atoms with Gasteiger partial charge in [-0.15, -0.1) is 0 Å².